The van der Waals surface area contributed by atoms with Crippen molar-refractivity contribution in [3.05, 3.63) is 34.6 Å². The molecule has 0 heterocycles. The fourth-order valence-corrected chi connectivity index (χ4v) is 1.92. The largest absolute Gasteiger partial charge is 0.390 e. The van der Waals surface area contributed by atoms with Gasteiger partial charge in [0.15, 0.2) is 0 Å². The molecule has 0 aliphatic rings. The molecule has 0 spiro atoms. The average molecular weight is 259 g/mol. The highest BCUT2D eigenvalue weighted by molar-refractivity contribution is 6.30. The Morgan fingerprint density at radius 2 is 2.06 bits per heavy atom. The van der Waals surface area contributed by atoms with Crippen LogP contribution in [0, 0.1) is 11.7 Å². The zero-order chi connectivity index (χ0) is 13.1. The molecule has 0 aromatic heterocycles. The van der Waals surface area contributed by atoms with Crippen LogP contribution in [-0.2, 0) is 6.42 Å². The molecule has 1 N–H and O–H groups in total. The summed E-state index contributed by atoms with van der Waals surface area (Å²) in [5.74, 6) is 0.193. The molecule has 1 aromatic carbocycles. The summed E-state index contributed by atoms with van der Waals surface area (Å²) in [5.41, 5.74) is -0.345. The van der Waals surface area contributed by atoms with Crippen molar-refractivity contribution in [3.8, 4) is 0 Å². The number of hydrogen-bond acceptors (Lipinski definition) is 1. The van der Waals surface area contributed by atoms with Crippen LogP contribution in [0.2, 0.25) is 5.02 Å². The number of rotatable bonds is 5. The van der Waals surface area contributed by atoms with E-state index < -0.39 is 5.60 Å². The number of aliphatic hydroxyl groups is 1. The van der Waals surface area contributed by atoms with E-state index in [1.54, 1.807) is 19.1 Å². The summed E-state index contributed by atoms with van der Waals surface area (Å²) in [6, 6.07) is 4.58. The molecule has 3 heteroatoms. The predicted octanol–water partition coefficient (Wildman–Crippen LogP) is 4.21. The summed E-state index contributed by atoms with van der Waals surface area (Å²) < 4.78 is 13.6. The first kappa shape index (κ1) is 14.5. The molecule has 1 atom stereocenters. The molecule has 96 valence electrons. The number of benzene rings is 1. The van der Waals surface area contributed by atoms with Crippen LogP contribution in [0.1, 0.15) is 39.2 Å². The lowest BCUT2D eigenvalue weighted by Crippen LogP contribution is -2.28. The molecule has 0 amide bonds. The van der Waals surface area contributed by atoms with Crippen LogP contribution in [0.15, 0.2) is 18.2 Å². The van der Waals surface area contributed by atoms with Crippen LogP contribution in [0.25, 0.3) is 0 Å². The van der Waals surface area contributed by atoms with Gasteiger partial charge in [-0.3, -0.25) is 0 Å². The van der Waals surface area contributed by atoms with E-state index in [0.717, 1.165) is 6.42 Å². The molecule has 0 fully saturated rings. The monoisotopic (exact) mass is 258 g/mol. The van der Waals surface area contributed by atoms with Gasteiger partial charge in [-0.25, -0.2) is 4.39 Å². The van der Waals surface area contributed by atoms with Crippen LogP contribution in [-0.4, -0.2) is 10.7 Å². The zero-order valence-corrected chi connectivity index (χ0v) is 11.4. The first-order valence-corrected chi connectivity index (χ1v) is 6.34. The Kier molecular flexibility index (Phi) is 4.96. The molecule has 0 saturated carbocycles. The van der Waals surface area contributed by atoms with Gasteiger partial charge in [-0.05, 0) is 43.4 Å². The molecular formula is C14H20ClFO. The van der Waals surface area contributed by atoms with E-state index in [2.05, 4.69) is 13.8 Å². The van der Waals surface area contributed by atoms with E-state index in [-0.39, 0.29) is 5.82 Å². The Balaban J connectivity index is 2.68. The van der Waals surface area contributed by atoms with E-state index in [9.17, 15) is 9.50 Å². The van der Waals surface area contributed by atoms with E-state index in [0.29, 0.717) is 29.3 Å². The standard InChI is InChI=1S/C14H20ClFO/c1-10(2)6-7-14(3,17)9-11-4-5-12(15)8-13(11)16/h4-5,8,10,17H,6-7,9H2,1-3H3. The van der Waals surface area contributed by atoms with Crippen molar-refractivity contribution in [2.24, 2.45) is 5.92 Å². The first-order valence-electron chi connectivity index (χ1n) is 5.96. The van der Waals surface area contributed by atoms with Crippen molar-refractivity contribution in [3.63, 3.8) is 0 Å². The molecule has 1 nitrogen and oxygen atoms in total. The Morgan fingerprint density at radius 3 is 2.59 bits per heavy atom. The second-order valence-corrected chi connectivity index (χ2v) is 5.78. The molecule has 17 heavy (non-hydrogen) atoms. The summed E-state index contributed by atoms with van der Waals surface area (Å²) >= 11 is 5.69. The van der Waals surface area contributed by atoms with Crippen molar-refractivity contribution in [1.82, 2.24) is 0 Å². The maximum absolute atomic E-state index is 13.6. The quantitative estimate of drug-likeness (QED) is 0.839. The fraction of sp³-hybridized carbons (Fsp3) is 0.571. The van der Waals surface area contributed by atoms with Crippen molar-refractivity contribution >= 4 is 11.6 Å². The maximum Gasteiger partial charge on any atom is 0.127 e. The number of hydrogen-bond donors (Lipinski definition) is 1. The lowest BCUT2D eigenvalue weighted by atomic mass is 9.89. The molecule has 0 aliphatic carbocycles. The summed E-state index contributed by atoms with van der Waals surface area (Å²) in [6.45, 7) is 5.97. The molecule has 0 aliphatic heterocycles. The van der Waals surface area contributed by atoms with Gasteiger partial charge in [-0.2, -0.15) is 0 Å². The van der Waals surface area contributed by atoms with Gasteiger partial charge in [-0.1, -0.05) is 31.5 Å². The molecule has 0 bridgehead atoms. The molecule has 1 rings (SSSR count). The van der Waals surface area contributed by atoms with Gasteiger partial charge in [0.1, 0.15) is 5.82 Å². The van der Waals surface area contributed by atoms with Crippen LogP contribution in [0.3, 0.4) is 0 Å². The highest BCUT2D eigenvalue weighted by Gasteiger charge is 2.22. The van der Waals surface area contributed by atoms with Crippen LogP contribution >= 0.6 is 11.6 Å². The second-order valence-electron chi connectivity index (χ2n) is 5.34. The summed E-state index contributed by atoms with van der Waals surface area (Å²) in [5, 5.41) is 10.6. The number of halogens is 2. The van der Waals surface area contributed by atoms with Crippen molar-refractivity contribution in [1.29, 1.82) is 0 Å². The third-order valence-electron chi connectivity index (χ3n) is 2.85. The first-order chi connectivity index (χ1) is 7.80. The van der Waals surface area contributed by atoms with Gasteiger partial charge < -0.3 is 5.11 Å². The Labute approximate surface area is 108 Å². The highest BCUT2D eigenvalue weighted by atomic mass is 35.5. The van der Waals surface area contributed by atoms with Crippen LogP contribution < -0.4 is 0 Å². The Bertz CT molecular complexity index is 374. The van der Waals surface area contributed by atoms with Gasteiger partial charge in [-0.15, -0.1) is 0 Å². The third kappa shape index (κ3) is 5.05. The van der Waals surface area contributed by atoms with E-state index >= 15 is 0 Å². The smallest absolute Gasteiger partial charge is 0.127 e. The molecule has 1 aromatic rings. The minimum absolute atomic E-state index is 0.322. The summed E-state index contributed by atoms with van der Waals surface area (Å²) in [6.07, 6.45) is 1.93. The highest BCUT2D eigenvalue weighted by Crippen LogP contribution is 2.24. The zero-order valence-electron chi connectivity index (χ0n) is 10.6. The Morgan fingerprint density at radius 1 is 1.41 bits per heavy atom. The topological polar surface area (TPSA) is 20.2 Å². The maximum atomic E-state index is 13.6. The van der Waals surface area contributed by atoms with Gasteiger partial charge in [0.25, 0.3) is 0 Å². The predicted molar refractivity (Wildman–Crippen MR) is 69.8 cm³/mol. The Hall–Kier alpha value is -0.600. The van der Waals surface area contributed by atoms with Gasteiger partial charge >= 0.3 is 0 Å². The van der Waals surface area contributed by atoms with E-state index in [1.165, 1.54) is 6.07 Å². The van der Waals surface area contributed by atoms with Crippen molar-refractivity contribution in [2.45, 2.75) is 45.6 Å². The minimum atomic E-state index is -0.862. The third-order valence-corrected chi connectivity index (χ3v) is 3.08. The van der Waals surface area contributed by atoms with Gasteiger partial charge in [0.05, 0.1) is 5.60 Å². The molecule has 1 unspecified atom stereocenters. The van der Waals surface area contributed by atoms with Crippen molar-refractivity contribution < 1.29 is 9.50 Å². The summed E-state index contributed by atoms with van der Waals surface area (Å²) in [7, 11) is 0. The summed E-state index contributed by atoms with van der Waals surface area (Å²) in [4.78, 5) is 0. The molecular weight excluding hydrogens is 239 g/mol. The van der Waals surface area contributed by atoms with E-state index in [4.69, 9.17) is 11.6 Å². The second kappa shape index (κ2) is 5.83. The van der Waals surface area contributed by atoms with Crippen LogP contribution in [0.4, 0.5) is 4.39 Å². The lowest BCUT2D eigenvalue weighted by molar-refractivity contribution is 0.0449. The normalized spacial score (nSPS) is 15.0. The molecule has 0 radical (unpaired) electrons. The molecule has 0 saturated heterocycles. The van der Waals surface area contributed by atoms with Gasteiger partial charge in [0, 0.05) is 11.4 Å². The van der Waals surface area contributed by atoms with E-state index in [1.807, 2.05) is 0 Å². The lowest BCUT2D eigenvalue weighted by Gasteiger charge is -2.24. The minimum Gasteiger partial charge on any atom is -0.390 e. The van der Waals surface area contributed by atoms with Crippen LogP contribution in [0.5, 0.6) is 0 Å². The fourth-order valence-electron chi connectivity index (χ4n) is 1.76. The van der Waals surface area contributed by atoms with Gasteiger partial charge in [0.2, 0.25) is 0 Å². The van der Waals surface area contributed by atoms with Crippen molar-refractivity contribution in [2.75, 3.05) is 0 Å². The SMILES string of the molecule is CC(C)CCC(C)(O)Cc1ccc(Cl)cc1F. The average Bonchev–Trinajstić information content (AvgIpc) is 2.20.